The largest absolute Gasteiger partial charge is 0.461 e. The second-order valence-electron chi connectivity index (χ2n) is 7.15. The fourth-order valence-electron chi connectivity index (χ4n) is 3.65. The predicted octanol–water partition coefficient (Wildman–Crippen LogP) is 7.06. The van der Waals surface area contributed by atoms with Crippen molar-refractivity contribution in [3.05, 3.63) is 104 Å². The smallest absolute Gasteiger partial charge is 0.355 e. The summed E-state index contributed by atoms with van der Waals surface area (Å²) >= 11 is 18.3. The van der Waals surface area contributed by atoms with E-state index in [1.807, 2.05) is 12.1 Å². The molecule has 1 heterocycles. The van der Waals surface area contributed by atoms with E-state index in [1.165, 1.54) is 0 Å². The third-order valence-electron chi connectivity index (χ3n) is 5.08. The van der Waals surface area contributed by atoms with Crippen LogP contribution in [0.1, 0.15) is 38.9 Å². The summed E-state index contributed by atoms with van der Waals surface area (Å²) in [4.78, 5) is 26.7. The van der Waals surface area contributed by atoms with E-state index in [0.717, 1.165) is 5.56 Å². The summed E-state index contributed by atoms with van der Waals surface area (Å²) in [6.45, 7) is 2.23. The number of carbonyl (C=O) groups excluding carboxylic acids is 2. The molecule has 0 N–H and O–H groups in total. The number of fused-ring (bicyclic) bond motifs is 1. The molecule has 7 heteroatoms. The van der Waals surface area contributed by atoms with Crippen LogP contribution in [0.3, 0.4) is 0 Å². The zero-order valence-corrected chi connectivity index (χ0v) is 19.3. The normalized spacial score (nSPS) is 11.0. The number of carbonyl (C=O) groups is 2. The molecule has 0 unspecified atom stereocenters. The second-order valence-corrected chi connectivity index (χ2v) is 8.46. The number of aromatic nitrogens is 1. The molecule has 32 heavy (non-hydrogen) atoms. The van der Waals surface area contributed by atoms with Crippen LogP contribution in [-0.2, 0) is 11.3 Å². The highest BCUT2D eigenvalue weighted by molar-refractivity contribution is 6.32. The standard InChI is InChI=1S/C25H18Cl3NO3/c1-2-32-25(31)23-22(24(30)16-5-9-18(27)10-6-16)20-12-11-19(28)13-21(20)29(23)14-15-3-7-17(26)8-4-15/h3-13H,2,14H2,1H3. The Morgan fingerprint density at radius 1 is 0.844 bits per heavy atom. The Balaban J connectivity index is 1.98. The number of esters is 1. The predicted molar refractivity (Wildman–Crippen MR) is 128 cm³/mol. The van der Waals surface area contributed by atoms with E-state index in [2.05, 4.69) is 0 Å². The maximum absolute atomic E-state index is 13.6. The van der Waals surface area contributed by atoms with Gasteiger partial charge in [-0.15, -0.1) is 0 Å². The quantitative estimate of drug-likeness (QED) is 0.216. The molecule has 0 aliphatic rings. The topological polar surface area (TPSA) is 48.3 Å². The number of rotatable bonds is 6. The van der Waals surface area contributed by atoms with Gasteiger partial charge in [0.05, 0.1) is 17.7 Å². The SMILES string of the molecule is CCOC(=O)c1c(C(=O)c2ccc(Cl)cc2)c2ccc(Cl)cc2n1Cc1ccc(Cl)cc1. The number of halogens is 3. The van der Waals surface area contributed by atoms with Gasteiger partial charge in [0.2, 0.25) is 0 Å². The van der Waals surface area contributed by atoms with E-state index in [0.29, 0.717) is 38.1 Å². The van der Waals surface area contributed by atoms with Crippen LogP contribution in [0.5, 0.6) is 0 Å². The number of benzene rings is 3. The number of ketones is 1. The lowest BCUT2D eigenvalue weighted by molar-refractivity contribution is 0.0512. The molecule has 0 fully saturated rings. The molecule has 0 amide bonds. The van der Waals surface area contributed by atoms with Crippen LogP contribution in [0, 0.1) is 0 Å². The number of hydrogen-bond acceptors (Lipinski definition) is 3. The second kappa shape index (κ2) is 9.37. The van der Waals surface area contributed by atoms with Crippen LogP contribution >= 0.6 is 34.8 Å². The first kappa shape index (κ1) is 22.4. The summed E-state index contributed by atoms with van der Waals surface area (Å²) in [5.74, 6) is -0.877. The molecule has 0 atom stereocenters. The average molecular weight is 487 g/mol. The molecular formula is C25H18Cl3NO3. The maximum atomic E-state index is 13.6. The molecule has 4 nitrogen and oxygen atoms in total. The van der Waals surface area contributed by atoms with Gasteiger partial charge in [-0.2, -0.15) is 0 Å². The van der Waals surface area contributed by atoms with Crippen molar-refractivity contribution in [2.24, 2.45) is 0 Å². The minimum absolute atomic E-state index is 0.177. The van der Waals surface area contributed by atoms with Crippen molar-refractivity contribution < 1.29 is 14.3 Å². The maximum Gasteiger partial charge on any atom is 0.355 e. The Hall–Kier alpha value is -2.79. The Morgan fingerprint density at radius 2 is 1.44 bits per heavy atom. The lowest BCUT2D eigenvalue weighted by Gasteiger charge is -2.12. The van der Waals surface area contributed by atoms with Crippen LogP contribution in [0.25, 0.3) is 10.9 Å². The first-order valence-corrected chi connectivity index (χ1v) is 11.1. The molecule has 0 aliphatic carbocycles. The van der Waals surface area contributed by atoms with E-state index in [-0.39, 0.29) is 23.6 Å². The summed E-state index contributed by atoms with van der Waals surface area (Å²) in [5.41, 5.74) is 2.43. The number of hydrogen-bond donors (Lipinski definition) is 0. The molecule has 1 aromatic heterocycles. The fraction of sp³-hybridized carbons (Fsp3) is 0.120. The molecule has 0 bridgehead atoms. The minimum atomic E-state index is -0.578. The Bertz CT molecular complexity index is 1310. The minimum Gasteiger partial charge on any atom is -0.461 e. The van der Waals surface area contributed by atoms with Crippen molar-refractivity contribution in [3.63, 3.8) is 0 Å². The van der Waals surface area contributed by atoms with Crippen LogP contribution < -0.4 is 0 Å². The third-order valence-corrected chi connectivity index (χ3v) is 5.82. The summed E-state index contributed by atoms with van der Waals surface area (Å²) in [6, 6.07) is 19.0. The molecule has 4 rings (SSSR count). The summed E-state index contributed by atoms with van der Waals surface area (Å²) < 4.78 is 7.11. The van der Waals surface area contributed by atoms with Gasteiger partial charge in [0.15, 0.2) is 5.78 Å². The first-order chi connectivity index (χ1) is 15.4. The molecule has 0 saturated carbocycles. The van der Waals surface area contributed by atoms with E-state index in [1.54, 1.807) is 66.1 Å². The van der Waals surface area contributed by atoms with E-state index >= 15 is 0 Å². The van der Waals surface area contributed by atoms with Crippen molar-refractivity contribution in [3.8, 4) is 0 Å². The first-order valence-electron chi connectivity index (χ1n) is 9.92. The van der Waals surface area contributed by atoms with Gasteiger partial charge in [0, 0.05) is 32.6 Å². The van der Waals surface area contributed by atoms with Gasteiger partial charge in [-0.3, -0.25) is 4.79 Å². The molecular weight excluding hydrogens is 469 g/mol. The van der Waals surface area contributed by atoms with Crippen LogP contribution in [-0.4, -0.2) is 22.9 Å². The van der Waals surface area contributed by atoms with Crippen molar-refractivity contribution in [1.29, 1.82) is 0 Å². The Labute approximate surface area is 200 Å². The lowest BCUT2D eigenvalue weighted by atomic mass is 10.00. The highest BCUT2D eigenvalue weighted by atomic mass is 35.5. The van der Waals surface area contributed by atoms with Gasteiger partial charge >= 0.3 is 5.97 Å². The molecule has 0 saturated heterocycles. The highest BCUT2D eigenvalue weighted by Crippen LogP contribution is 2.32. The van der Waals surface area contributed by atoms with E-state index in [4.69, 9.17) is 39.5 Å². The molecule has 4 aromatic rings. The van der Waals surface area contributed by atoms with Gasteiger partial charge in [0.25, 0.3) is 0 Å². The fourth-order valence-corrected chi connectivity index (χ4v) is 4.06. The van der Waals surface area contributed by atoms with E-state index in [9.17, 15) is 9.59 Å². The van der Waals surface area contributed by atoms with Crippen LogP contribution in [0.2, 0.25) is 15.1 Å². The van der Waals surface area contributed by atoms with Gasteiger partial charge in [-0.1, -0.05) is 53.0 Å². The van der Waals surface area contributed by atoms with Gasteiger partial charge < -0.3 is 9.30 Å². The molecule has 3 aromatic carbocycles. The van der Waals surface area contributed by atoms with E-state index < -0.39 is 5.97 Å². The van der Waals surface area contributed by atoms with Gasteiger partial charge in [-0.25, -0.2) is 4.79 Å². The number of nitrogens with zero attached hydrogens (tertiary/aromatic N) is 1. The molecule has 0 spiro atoms. The third kappa shape index (κ3) is 4.40. The molecule has 0 aliphatic heterocycles. The van der Waals surface area contributed by atoms with Gasteiger partial charge in [0.1, 0.15) is 5.69 Å². The lowest BCUT2D eigenvalue weighted by Crippen LogP contribution is -2.17. The zero-order valence-electron chi connectivity index (χ0n) is 17.1. The van der Waals surface area contributed by atoms with Crippen LogP contribution in [0.4, 0.5) is 0 Å². The monoisotopic (exact) mass is 485 g/mol. The molecule has 162 valence electrons. The Morgan fingerprint density at radius 3 is 2.06 bits per heavy atom. The van der Waals surface area contributed by atoms with Crippen LogP contribution in [0.15, 0.2) is 66.7 Å². The zero-order chi connectivity index (χ0) is 22.8. The van der Waals surface area contributed by atoms with Crippen molar-refractivity contribution in [2.75, 3.05) is 6.61 Å². The van der Waals surface area contributed by atoms with Crippen molar-refractivity contribution in [1.82, 2.24) is 4.57 Å². The summed E-state index contributed by atoms with van der Waals surface area (Å²) in [5, 5.41) is 2.24. The molecule has 0 radical (unpaired) electrons. The number of ether oxygens (including phenoxy) is 1. The summed E-state index contributed by atoms with van der Waals surface area (Å²) in [7, 11) is 0. The summed E-state index contributed by atoms with van der Waals surface area (Å²) in [6.07, 6.45) is 0. The van der Waals surface area contributed by atoms with Gasteiger partial charge in [-0.05, 0) is 61.0 Å². The Kier molecular flexibility index (Phi) is 6.56. The highest BCUT2D eigenvalue weighted by Gasteiger charge is 2.29. The van der Waals surface area contributed by atoms with Crippen molar-refractivity contribution >= 4 is 57.5 Å². The van der Waals surface area contributed by atoms with Crippen molar-refractivity contribution in [2.45, 2.75) is 13.5 Å². The average Bonchev–Trinajstić information content (AvgIpc) is 3.09.